The molecule has 0 saturated carbocycles. The molecule has 3 atom stereocenters. The van der Waals surface area contributed by atoms with Gasteiger partial charge in [-0.15, -0.1) is 0 Å². The molecule has 1 aromatic carbocycles. The van der Waals surface area contributed by atoms with Gasteiger partial charge in [0, 0.05) is 19.6 Å². The van der Waals surface area contributed by atoms with Gasteiger partial charge in [0.1, 0.15) is 11.6 Å². The van der Waals surface area contributed by atoms with Crippen LogP contribution in [-0.4, -0.2) is 51.7 Å². The summed E-state index contributed by atoms with van der Waals surface area (Å²) in [4.78, 5) is 31.6. The van der Waals surface area contributed by atoms with Gasteiger partial charge in [-0.3, -0.25) is 14.7 Å². The number of nitrogens with one attached hydrogen (secondary N) is 2. The highest BCUT2D eigenvalue weighted by molar-refractivity contribution is 6.40. The van der Waals surface area contributed by atoms with E-state index in [1.807, 2.05) is 6.92 Å². The molecule has 3 heterocycles. The summed E-state index contributed by atoms with van der Waals surface area (Å²) < 4.78 is 19.0. The number of anilines is 2. The summed E-state index contributed by atoms with van der Waals surface area (Å²) in [6.45, 7) is 2.29. The van der Waals surface area contributed by atoms with Crippen LogP contribution in [0.5, 0.6) is 0 Å². The maximum absolute atomic E-state index is 13.4. The van der Waals surface area contributed by atoms with Crippen LogP contribution < -0.4 is 11.1 Å². The second kappa shape index (κ2) is 8.31. The van der Waals surface area contributed by atoms with Gasteiger partial charge in [0.15, 0.2) is 0 Å². The number of hydrogen-bond donors (Lipinski definition) is 3. The van der Waals surface area contributed by atoms with Gasteiger partial charge in [0.05, 0.1) is 41.1 Å². The lowest BCUT2D eigenvalue weighted by Gasteiger charge is -2.42. The van der Waals surface area contributed by atoms with E-state index < -0.39 is 17.9 Å². The van der Waals surface area contributed by atoms with Crippen LogP contribution in [0.4, 0.5) is 15.9 Å². The molecule has 0 radical (unpaired) electrons. The number of pyridine rings is 1. The van der Waals surface area contributed by atoms with Crippen molar-refractivity contribution in [3.63, 3.8) is 0 Å². The van der Waals surface area contributed by atoms with Crippen molar-refractivity contribution >= 4 is 34.2 Å². The fourth-order valence-corrected chi connectivity index (χ4v) is 4.04. The minimum absolute atomic E-state index is 0.0240. The van der Waals surface area contributed by atoms with Crippen molar-refractivity contribution in [2.75, 3.05) is 24.7 Å². The summed E-state index contributed by atoms with van der Waals surface area (Å²) in [5.74, 6) is -1.58. The van der Waals surface area contributed by atoms with Crippen molar-refractivity contribution in [1.29, 1.82) is 0 Å². The summed E-state index contributed by atoms with van der Waals surface area (Å²) in [5.41, 5.74) is 7.34. The summed E-state index contributed by atoms with van der Waals surface area (Å²) >= 11 is 0. The monoisotopic (exact) mass is 426 g/mol. The lowest BCUT2D eigenvalue weighted by molar-refractivity contribution is -0.149. The van der Waals surface area contributed by atoms with Gasteiger partial charge in [0.2, 0.25) is 0 Å². The summed E-state index contributed by atoms with van der Waals surface area (Å²) in [7, 11) is 1.62. The maximum Gasteiger partial charge on any atom is 0.314 e. The third-order valence-corrected chi connectivity index (χ3v) is 5.73. The van der Waals surface area contributed by atoms with E-state index in [4.69, 9.17) is 10.5 Å². The number of amides is 2. The molecule has 3 aromatic rings. The molecule has 0 bridgehead atoms. The predicted molar refractivity (Wildman–Crippen MR) is 112 cm³/mol. The molecule has 2 aromatic heterocycles. The van der Waals surface area contributed by atoms with Gasteiger partial charge in [-0.2, -0.15) is 5.10 Å². The van der Waals surface area contributed by atoms with Gasteiger partial charge in [0.25, 0.3) is 0 Å². The van der Waals surface area contributed by atoms with E-state index in [2.05, 4.69) is 20.5 Å². The standard InChI is InChI=1S/C21H23FN6O3/c1-11-10-28(16(7-17(11)31-2)12-3-5-13(22)6-4-12)21(30)20(29)26-15-9-24-19(23)14-8-25-27-18(14)15/h3-6,8-9,11,16-17H,7,10H2,1-2H3,(H2,23,24)(H,25,27)(H,26,29)/t11-,16-,17?/m0/s1. The largest absolute Gasteiger partial charge is 0.383 e. The molecule has 0 spiro atoms. The Morgan fingerprint density at radius 3 is 2.74 bits per heavy atom. The third kappa shape index (κ3) is 3.93. The molecule has 1 aliphatic heterocycles. The molecule has 162 valence electrons. The van der Waals surface area contributed by atoms with Crippen molar-refractivity contribution in [1.82, 2.24) is 20.1 Å². The molecule has 4 rings (SSSR count). The van der Waals surface area contributed by atoms with Crippen LogP contribution in [0.2, 0.25) is 0 Å². The topological polar surface area (TPSA) is 126 Å². The van der Waals surface area contributed by atoms with Crippen LogP contribution in [-0.2, 0) is 14.3 Å². The number of ether oxygens (including phenoxy) is 1. The van der Waals surface area contributed by atoms with E-state index in [-0.39, 0.29) is 23.7 Å². The number of aromatic nitrogens is 3. The normalized spacial score (nSPS) is 21.3. The summed E-state index contributed by atoms with van der Waals surface area (Å²) in [6.07, 6.45) is 3.28. The molecule has 1 unspecified atom stereocenters. The maximum atomic E-state index is 13.4. The number of nitrogens with zero attached hydrogens (tertiary/aromatic N) is 3. The van der Waals surface area contributed by atoms with E-state index >= 15 is 0 Å². The predicted octanol–water partition coefficient (Wildman–Crippen LogP) is 2.24. The zero-order chi connectivity index (χ0) is 22.1. The van der Waals surface area contributed by atoms with Crippen LogP contribution >= 0.6 is 0 Å². The molecule has 4 N–H and O–H groups in total. The van der Waals surface area contributed by atoms with Crippen LogP contribution in [0.25, 0.3) is 10.9 Å². The van der Waals surface area contributed by atoms with Crippen molar-refractivity contribution in [2.45, 2.75) is 25.5 Å². The zero-order valence-corrected chi connectivity index (χ0v) is 17.1. The van der Waals surface area contributed by atoms with Crippen LogP contribution in [0.3, 0.4) is 0 Å². The number of halogens is 1. The van der Waals surface area contributed by atoms with E-state index in [1.54, 1.807) is 19.2 Å². The van der Waals surface area contributed by atoms with Crippen LogP contribution in [0.1, 0.15) is 24.9 Å². The number of H-pyrrole nitrogens is 1. The lowest BCUT2D eigenvalue weighted by Crippen LogP contribution is -2.50. The van der Waals surface area contributed by atoms with Crippen molar-refractivity contribution in [2.24, 2.45) is 5.92 Å². The van der Waals surface area contributed by atoms with Gasteiger partial charge < -0.3 is 20.7 Å². The number of nitrogen functional groups attached to an aromatic ring is 1. The molecule has 31 heavy (non-hydrogen) atoms. The number of likely N-dealkylation sites (tertiary alicyclic amines) is 1. The minimum atomic E-state index is -0.808. The molecular weight excluding hydrogens is 403 g/mol. The Bertz CT molecular complexity index is 1120. The fraction of sp³-hybridized carbons (Fsp3) is 0.333. The lowest BCUT2D eigenvalue weighted by atomic mass is 9.87. The van der Waals surface area contributed by atoms with E-state index in [1.165, 1.54) is 29.4 Å². The number of carbonyl (C=O) groups excluding carboxylic acids is 2. The SMILES string of the molecule is COC1C[C@@H](c2ccc(F)cc2)N(C(=O)C(=O)Nc2cnc(N)c3cn[nH]c23)C[C@@H]1C. The highest BCUT2D eigenvalue weighted by Crippen LogP contribution is 2.35. The van der Waals surface area contributed by atoms with E-state index in [0.29, 0.717) is 29.6 Å². The van der Waals surface area contributed by atoms with Crippen molar-refractivity contribution in [3.05, 3.63) is 48.0 Å². The second-order valence-corrected chi connectivity index (χ2v) is 7.68. The molecule has 9 nitrogen and oxygen atoms in total. The first-order chi connectivity index (χ1) is 14.9. The summed E-state index contributed by atoms with van der Waals surface area (Å²) in [5, 5.41) is 9.82. The quantitative estimate of drug-likeness (QED) is 0.552. The van der Waals surface area contributed by atoms with Gasteiger partial charge in [-0.1, -0.05) is 19.1 Å². The van der Waals surface area contributed by atoms with E-state index in [0.717, 1.165) is 5.56 Å². The number of methoxy groups -OCH3 is 1. The Kier molecular flexibility index (Phi) is 5.55. The van der Waals surface area contributed by atoms with Crippen LogP contribution in [0.15, 0.2) is 36.7 Å². The number of fused-ring (bicyclic) bond motifs is 1. The number of nitrogens with two attached hydrogens (primary N) is 1. The van der Waals surface area contributed by atoms with Crippen molar-refractivity contribution < 1.29 is 18.7 Å². The first-order valence-corrected chi connectivity index (χ1v) is 9.86. The van der Waals surface area contributed by atoms with Crippen LogP contribution in [0, 0.1) is 11.7 Å². The Hall–Kier alpha value is -3.53. The van der Waals surface area contributed by atoms with Gasteiger partial charge in [-0.05, 0) is 24.1 Å². The second-order valence-electron chi connectivity index (χ2n) is 7.68. The molecule has 0 aliphatic carbocycles. The number of rotatable bonds is 3. The Labute approximate surface area is 177 Å². The van der Waals surface area contributed by atoms with Gasteiger partial charge in [-0.25, -0.2) is 9.37 Å². The van der Waals surface area contributed by atoms with Gasteiger partial charge >= 0.3 is 11.8 Å². The molecule has 2 amide bonds. The number of carbonyl (C=O) groups is 2. The number of piperidine rings is 1. The number of hydrogen-bond acceptors (Lipinski definition) is 6. The molecular formula is C21H23FN6O3. The minimum Gasteiger partial charge on any atom is -0.383 e. The van der Waals surface area contributed by atoms with E-state index in [9.17, 15) is 14.0 Å². The number of aromatic amines is 1. The fourth-order valence-electron chi connectivity index (χ4n) is 4.04. The summed E-state index contributed by atoms with van der Waals surface area (Å²) in [6, 6.07) is 5.51. The molecule has 1 aliphatic rings. The molecule has 10 heteroatoms. The first kappa shape index (κ1) is 20.7. The highest BCUT2D eigenvalue weighted by Gasteiger charge is 2.39. The number of benzene rings is 1. The smallest absolute Gasteiger partial charge is 0.314 e. The first-order valence-electron chi connectivity index (χ1n) is 9.86. The average Bonchev–Trinajstić information content (AvgIpc) is 3.27. The Balaban J connectivity index is 1.60. The average molecular weight is 426 g/mol. The third-order valence-electron chi connectivity index (χ3n) is 5.73. The zero-order valence-electron chi connectivity index (χ0n) is 17.1. The molecule has 1 saturated heterocycles. The molecule has 1 fully saturated rings. The highest BCUT2D eigenvalue weighted by atomic mass is 19.1. The Morgan fingerprint density at radius 2 is 2.03 bits per heavy atom. The van der Waals surface area contributed by atoms with Crippen molar-refractivity contribution in [3.8, 4) is 0 Å². The Morgan fingerprint density at radius 1 is 1.29 bits per heavy atom.